The number of hydrogen-bond donors (Lipinski definition) is 1. The van der Waals surface area contributed by atoms with Crippen LogP contribution in [0.25, 0.3) is 0 Å². The normalized spacial score (nSPS) is 18.9. The second-order valence-electron chi connectivity index (χ2n) is 6.51. The van der Waals surface area contributed by atoms with Crippen LogP contribution in [-0.2, 0) is 16.9 Å². The zero-order valence-electron chi connectivity index (χ0n) is 14.1. The summed E-state index contributed by atoms with van der Waals surface area (Å²) in [6, 6.07) is 28.0. The Balaban J connectivity index is 1.73. The minimum Gasteiger partial charge on any atom is -0.368 e. The molecule has 1 unspecified atom stereocenters. The number of carbonyl (C=O) groups excluding carboxylic acids is 1. The molecule has 0 fully saturated rings. The molecule has 3 heteroatoms. The van der Waals surface area contributed by atoms with Gasteiger partial charge in [-0.1, -0.05) is 66.7 Å². The number of carbonyl (C=O) groups is 1. The van der Waals surface area contributed by atoms with E-state index in [2.05, 4.69) is 17.4 Å². The molecule has 3 aromatic carbocycles. The van der Waals surface area contributed by atoms with Crippen molar-refractivity contribution < 1.29 is 4.79 Å². The maximum absolute atomic E-state index is 13.4. The van der Waals surface area contributed by atoms with Gasteiger partial charge in [0.1, 0.15) is 5.54 Å². The van der Waals surface area contributed by atoms with Gasteiger partial charge in [-0.15, -0.1) is 0 Å². The lowest BCUT2D eigenvalue weighted by atomic mass is 9.93. The first-order valence-electron chi connectivity index (χ1n) is 8.47. The third-order valence-corrected chi connectivity index (χ3v) is 4.76. The molecule has 1 heterocycles. The number of para-hydroxylation sites is 2. The van der Waals surface area contributed by atoms with Crippen LogP contribution >= 0.6 is 0 Å². The lowest BCUT2D eigenvalue weighted by molar-refractivity contribution is -0.121. The van der Waals surface area contributed by atoms with Gasteiger partial charge in [0.15, 0.2) is 0 Å². The van der Waals surface area contributed by atoms with Crippen molar-refractivity contribution in [3.63, 3.8) is 0 Å². The number of amides is 1. The van der Waals surface area contributed by atoms with Gasteiger partial charge in [-0.25, -0.2) is 0 Å². The van der Waals surface area contributed by atoms with E-state index in [4.69, 9.17) is 0 Å². The Morgan fingerprint density at radius 3 is 2.16 bits per heavy atom. The quantitative estimate of drug-likeness (QED) is 0.761. The third-order valence-electron chi connectivity index (χ3n) is 4.76. The maximum Gasteiger partial charge on any atom is 0.257 e. The largest absolute Gasteiger partial charge is 0.368 e. The zero-order valence-corrected chi connectivity index (χ0v) is 14.1. The van der Waals surface area contributed by atoms with Gasteiger partial charge in [0.05, 0.1) is 12.2 Å². The van der Waals surface area contributed by atoms with E-state index in [0.717, 1.165) is 22.5 Å². The van der Waals surface area contributed by atoms with E-state index in [-0.39, 0.29) is 5.91 Å². The molecule has 0 saturated carbocycles. The fourth-order valence-electron chi connectivity index (χ4n) is 3.48. The first-order chi connectivity index (χ1) is 12.2. The number of fused-ring (bicyclic) bond motifs is 1. The van der Waals surface area contributed by atoms with Crippen LogP contribution < -0.4 is 10.2 Å². The van der Waals surface area contributed by atoms with E-state index >= 15 is 0 Å². The Kier molecular flexibility index (Phi) is 3.77. The molecular formula is C22H20N2O. The highest BCUT2D eigenvalue weighted by Crippen LogP contribution is 2.42. The van der Waals surface area contributed by atoms with Gasteiger partial charge < -0.3 is 10.2 Å². The summed E-state index contributed by atoms with van der Waals surface area (Å²) in [5, 5.41) is 3.45. The van der Waals surface area contributed by atoms with Crippen LogP contribution in [-0.4, -0.2) is 5.91 Å². The smallest absolute Gasteiger partial charge is 0.257 e. The summed E-state index contributed by atoms with van der Waals surface area (Å²) in [5.41, 5.74) is 3.28. The highest BCUT2D eigenvalue weighted by atomic mass is 16.2. The average Bonchev–Trinajstić information content (AvgIpc) is 2.86. The van der Waals surface area contributed by atoms with Gasteiger partial charge >= 0.3 is 0 Å². The molecule has 0 aromatic heterocycles. The van der Waals surface area contributed by atoms with Crippen LogP contribution in [0, 0.1) is 0 Å². The molecule has 4 rings (SSSR count). The van der Waals surface area contributed by atoms with Crippen LogP contribution in [0.5, 0.6) is 0 Å². The third kappa shape index (κ3) is 2.68. The topological polar surface area (TPSA) is 32.3 Å². The van der Waals surface area contributed by atoms with Crippen LogP contribution in [0.2, 0.25) is 0 Å². The van der Waals surface area contributed by atoms with Gasteiger partial charge in [0, 0.05) is 11.3 Å². The fourth-order valence-corrected chi connectivity index (χ4v) is 3.48. The summed E-state index contributed by atoms with van der Waals surface area (Å²) in [6.45, 7) is 2.54. The van der Waals surface area contributed by atoms with Gasteiger partial charge in [-0.05, 0) is 30.7 Å². The molecule has 0 bridgehead atoms. The Morgan fingerprint density at radius 2 is 1.44 bits per heavy atom. The molecule has 1 N–H and O–H groups in total. The van der Waals surface area contributed by atoms with Crippen LogP contribution in [0.3, 0.4) is 0 Å². The number of nitrogens with one attached hydrogen (secondary N) is 1. The summed E-state index contributed by atoms with van der Waals surface area (Å²) in [7, 11) is 0. The van der Waals surface area contributed by atoms with Gasteiger partial charge in [-0.2, -0.15) is 0 Å². The van der Waals surface area contributed by atoms with E-state index in [1.807, 2.05) is 84.6 Å². The SMILES string of the molecule is CC1(Nc2ccccc2)C(=O)N(Cc2ccccc2)c2ccccc21. The number of hydrogen-bond acceptors (Lipinski definition) is 2. The Morgan fingerprint density at radius 1 is 0.840 bits per heavy atom. The standard InChI is InChI=1S/C22H20N2O/c1-22(23-18-12-6-3-7-13-18)19-14-8-9-15-20(19)24(21(22)25)16-17-10-4-2-5-11-17/h2-15,23H,16H2,1H3. The first-order valence-corrected chi connectivity index (χ1v) is 8.47. The molecule has 0 radical (unpaired) electrons. The van der Waals surface area contributed by atoms with Crippen molar-refractivity contribution in [1.82, 2.24) is 0 Å². The number of benzene rings is 3. The molecule has 0 saturated heterocycles. The molecule has 0 spiro atoms. The van der Waals surface area contributed by atoms with Crippen molar-refractivity contribution in [3.05, 3.63) is 96.1 Å². The molecule has 3 nitrogen and oxygen atoms in total. The monoisotopic (exact) mass is 328 g/mol. The summed E-state index contributed by atoms with van der Waals surface area (Å²) in [4.78, 5) is 15.2. The zero-order chi connectivity index (χ0) is 17.3. The minimum atomic E-state index is -0.771. The van der Waals surface area contributed by atoms with Crippen molar-refractivity contribution in [2.45, 2.75) is 19.0 Å². The van der Waals surface area contributed by atoms with E-state index < -0.39 is 5.54 Å². The summed E-state index contributed by atoms with van der Waals surface area (Å²) in [6.07, 6.45) is 0. The van der Waals surface area contributed by atoms with E-state index in [9.17, 15) is 4.79 Å². The molecule has 3 aromatic rings. The summed E-state index contributed by atoms with van der Waals surface area (Å²) >= 11 is 0. The molecular weight excluding hydrogens is 308 g/mol. The van der Waals surface area contributed by atoms with Crippen molar-refractivity contribution in [3.8, 4) is 0 Å². The molecule has 0 aliphatic carbocycles. The molecule has 25 heavy (non-hydrogen) atoms. The fraction of sp³-hybridized carbons (Fsp3) is 0.136. The lowest BCUT2D eigenvalue weighted by Crippen LogP contribution is -2.43. The van der Waals surface area contributed by atoms with E-state index in [0.29, 0.717) is 6.54 Å². The average molecular weight is 328 g/mol. The van der Waals surface area contributed by atoms with Crippen molar-refractivity contribution in [2.24, 2.45) is 0 Å². The first kappa shape index (κ1) is 15.5. The highest BCUT2D eigenvalue weighted by molar-refractivity contribution is 6.09. The van der Waals surface area contributed by atoms with Gasteiger partial charge in [0.2, 0.25) is 0 Å². The predicted octanol–water partition coefficient (Wildman–Crippen LogP) is 4.56. The van der Waals surface area contributed by atoms with Gasteiger partial charge in [-0.3, -0.25) is 4.79 Å². The number of rotatable bonds is 4. The Bertz CT molecular complexity index is 892. The second kappa shape index (κ2) is 6.10. The van der Waals surface area contributed by atoms with Crippen LogP contribution in [0.4, 0.5) is 11.4 Å². The Hall–Kier alpha value is -3.07. The van der Waals surface area contributed by atoms with Gasteiger partial charge in [0.25, 0.3) is 5.91 Å². The van der Waals surface area contributed by atoms with E-state index in [1.165, 1.54) is 0 Å². The minimum absolute atomic E-state index is 0.0707. The molecule has 124 valence electrons. The van der Waals surface area contributed by atoms with Crippen LogP contribution in [0.1, 0.15) is 18.1 Å². The Labute approximate surface area is 147 Å². The van der Waals surface area contributed by atoms with E-state index in [1.54, 1.807) is 0 Å². The molecule has 1 atom stereocenters. The predicted molar refractivity (Wildman–Crippen MR) is 101 cm³/mol. The lowest BCUT2D eigenvalue weighted by Gasteiger charge is -2.27. The highest BCUT2D eigenvalue weighted by Gasteiger charge is 2.47. The second-order valence-corrected chi connectivity index (χ2v) is 6.51. The summed E-state index contributed by atoms with van der Waals surface area (Å²) < 4.78 is 0. The van der Waals surface area contributed by atoms with Crippen molar-refractivity contribution in [2.75, 3.05) is 10.2 Å². The number of nitrogens with zero attached hydrogens (tertiary/aromatic N) is 1. The molecule has 1 amide bonds. The van der Waals surface area contributed by atoms with Crippen molar-refractivity contribution in [1.29, 1.82) is 0 Å². The molecule has 1 aliphatic rings. The van der Waals surface area contributed by atoms with Crippen molar-refractivity contribution >= 4 is 17.3 Å². The molecule has 1 aliphatic heterocycles. The summed E-state index contributed by atoms with van der Waals surface area (Å²) in [5.74, 6) is 0.0707. The number of anilines is 2. The van der Waals surface area contributed by atoms with Crippen LogP contribution in [0.15, 0.2) is 84.9 Å². The maximum atomic E-state index is 13.4.